The van der Waals surface area contributed by atoms with Crippen LogP contribution in [-0.4, -0.2) is 27.9 Å². The molecule has 2 rings (SSSR count). The number of nitrogens with zero attached hydrogens (tertiary/aromatic N) is 1. The molecular weight excluding hydrogens is 392 g/mol. The first-order valence-electron chi connectivity index (χ1n) is 8.70. The van der Waals surface area contributed by atoms with E-state index in [2.05, 4.69) is 16.0 Å². The number of hydrogen-bond acceptors (Lipinski definition) is 5. The zero-order chi connectivity index (χ0) is 21.4. The highest BCUT2D eigenvalue weighted by atomic mass is 32.1. The van der Waals surface area contributed by atoms with Gasteiger partial charge in [-0.1, -0.05) is 12.1 Å². The number of nitro benzene ring substituents is 1. The molecule has 2 amide bonds. The highest BCUT2D eigenvalue weighted by Gasteiger charge is 2.08. The Morgan fingerprint density at radius 1 is 1.14 bits per heavy atom. The summed E-state index contributed by atoms with van der Waals surface area (Å²) in [6.07, 6.45) is 2.68. The first kappa shape index (κ1) is 21.7. The van der Waals surface area contributed by atoms with Crippen molar-refractivity contribution < 1.29 is 14.5 Å². The Labute approximate surface area is 173 Å². The SMILES string of the molecule is CC(C)NC(=O)c1ccc(NC(=S)NC(=O)/C=C/c2cccc([N+](=O)[O-])c2)cc1. The summed E-state index contributed by atoms with van der Waals surface area (Å²) in [5.41, 5.74) is 1.58. The van der Waals surface area contributed by atoms with Crippen molar-refractivity contribution in [2.45, 2.75) is 19.9 Å². The lowest BCUT2D eigenvalue weighted by Crippen LogP contribution is -2.33. The summed E-state index contributed by atoms with van der Waals surface area (Å²) in [5, 5.41) is 19.0. The second-order valence-electron chi connectivity index (χ2n) is 6.33. The Morgan fingerprint density at radius 2 is 1.83 bits per heavy atom. The van der Waals surface area contributed by atoms with Crippen LogP contribution in [0, 0.1) is 10.1 Å². The third-order valence-electron chi connectivity index (χ3n) is 3.57. The molecule has 0 radical (unpaired) electrons. The van der Waals surface area contributed by atoms with Gasteiger partial charge in [0.2, 0.25) is 5.91 Å². The van der Waals surface area contributed by atoms with E-state index in [1.165, 1.54) is 30.4 Å². The highest BCUT2D eigenvalue weighted by molar-refractivity contribution is 7.80. The van der Waals surface area contributed by atoms with Gasteiger partial charge < -0.3 is 10.6 Å². The molecule has 2 aromatic rings. The fourth-order valence-electron chi connectivity index (χ4n) is 2.28. The van der Waals surface area contributed by atoms with Crippen molar-refractivity contribution in [2.24, 2.45) is 0 Å². The van der Waals surface area contributed by atoms with Crippen LogP contribution >= 0.6 is 12.2 Å². The molecule has 0 aliphatic rings. The van der Waals surface area contributed by atoms with Crippen LogP contribution in [0.4, 0.5) is 11.4 Å². The fourth-order valence-corrected chi connectivity index (χ4v) is 2.50. The quantitative estimate of drug-likeness (QED) is 0.290. The maximum absolute atomic E-state index is 12.0. The smallest absolute Gasteiger partial charge is 0.270 e. The van der Waals surface area contributed by atoms with E-state index in [9.17, 15) is 19.7 Å². The van der Waals surface area contributed by atoms with E-state index < -0.39 is 10.8 Å². The number of carbonyl (C=O) groups excluding carboxylic acids is 2. The van der Waals surface area contributed by atoms with Crippen LogP contribution in [0.5, 0.6) is 0 Å². The minimum Gasteiger partial charge on any atom is -0.350 e. The predicted octanol–water partition coefficient (Wildman–Crippen LogP) is 3.26. The number of rotatable bonds is 6. The van der Waals surface area contributed by atoms with Crippen molar-refractivity contribution in [3.63, 3.8) is 0 Å². The number of non-ortho nitro benzene ring substituents is 1. The van der Waals surface area contributed by atoms with Gasteiger partial charge in [0.1, 0.15) is 0 Å². The average molecular weight is 412 g/mol. The lowest BCUT2D eigenvalue weighted by molar-refractivity contribution is -0.384. The minimum atomic E-state index is -0.506. The first-order valence-corrected chi connectivity index (χ1v) is 9.11. The van der Waals surface area contributed by atoms with Crippen molar-refractivity contribution in [3.05, 3.63) is 75.8 Å². The molecule has 2 aromatic carbocycles. The lowest BCUT2D eigenvalue weighted by Gasteiger charge is -2.10. The Kier molecular flexibility index (Phi) is 7.55. The van der Waals surface area contributed by atoms with Gasteiger partial charge in [-0.05, 0) is 62.0 Å². The van der Waals surface area contributed by atoms with E-state index in [1.807, 2.05) is 13.8 Å². The summed E-state index contributed by atoms with van der Waals surface area (Å²) in [5.74, 6) is -0.657. The minimum absolute atomic E-state index is 0.0400. The zero-order valence-corrected chi connectivity index (χ0v) is 16.7. The van der Waals surface area contributed by atoms with E-state index in [-0.39, 0.29) is 22.7 Å². The normalized spacial score (nSPS) is 10.6. The van der Waals surface area contributed by atoms with Gasteiger partial charge in [-0.3, -0.25) is 25.0 Å². The Morgan fingerprint density at radius 3 is 2.45 bits per heavy atom. The molecule has 150 valence electrons. The Bertz CT molecular complexity index is 955. The van der Waals surface area contributed by atoms with Crippen LogP contribution in [0.1, 0.15) is 29.8 Å². The molecule has 3 N–H and O–H groups in total. The second kappa shape index (κ2) is 10.1. The fraction of sp³-hybridized carbons (Fsp3) is 0.150. The van der Waals surface area contributed by atoms with Crippen LogP contribution in [0.2, 0.25) is 0 Å². The molecule has 0 spiro atoms. The summed E-state index contributed by atoms with van der Waals surface area (Å²) < 4.78 is 0. The van der Waals surface area contributed by atoms with E-state index in [4.69, 9.17) is 12.2 Å². The lowest BCUT2D eigenvalue weighted by atomic mass is 10.2. The second-order valence-corrected chi connectivity index (χ2v) is 6.74. The monoisotopic (exact) mass is 412 g/mol. The number of amides is 2. The molecule has 0 unspecified atom stereocenters. The molecule has 8 nitrogen and oxygen atoms in total. The molecule has 0 atom stereocenters. The largest absolute Gasteiger partial charge is 0.350 e. The van der Waals surface area contributed by atoms with Gasteiger partial charge in [-0.15, -0.1) is 0 Å². The number of nitrogens with one attached hydrogen (secondary N) is 3. The summed E-state index contributed by atoms with van der Waals surface area (Å²) in [7, 11) is 0. The Balaban J connectivity index is 1.90. The number of hydrogen-bond donors (Lipinski definition) is 3. The van der Waals surface area contributed by atoms with Gasteiger partial charge in [0.25, 0.3) is 11.6 Å². The third-order valence-corrected chi connectivity index (χ3v) is 3.77. The van der Waals surface area contributed by atoms with Gasteiger partial charge in [-0.2, -0.15) is 0 Å². The van der Waals surface area contributed by atoms with Crippen LogP contribution in [-0.2, 0) is 4.79 Å². The number of thiocarbonyl (C=S) groups is 1. The van der Waals surface area contributed by atoms with Gasteiger partial charge in [0.05, 0.1) is 4.92 Å². The molecule has 0 aliphatic carbocycles. The van der Waals surface area contributed by atoms with Crippen molar-refractivity contribution in [3.8, 4) is 0 Å². The predicted molar refractivity (Wildman–Crippen MR) is 116 cm³/mol. The molecule has 29 heavy (non-hydrogen) atoms. The topological polar surface area (TPSA) is 113 Å². The van der Waals surface area contributed by atoms with E-state index in [0.29, 0.717) is 16.8 Å². The van der Waals surface area contributed by atoms with Crippen LogP contribution in [0.25, 0.3) is 6.08 Å². The van der Waals surface area contributed by atoms with Crippen LogP contribution in [0.15, 0.2) is 54.6 Å². The molecule has 0 heterocycles. The number of benzene rings is 2. The van der Waals surface area contributed by atoms with E-state index >= 15 is 0 Å². The van der Waals surface area contributed by atoms with Crippen molar-refractivity contribution in [1.82, 2.24) is 10.6 Å². The van der Waals surface area contributed by atoms with E-state index in [0.717, 1.165) is 0 Å². The number of carbonyl (C=O) groups is 2. The van der Waals surface area contributed by atoms with Gasteiger partial charge >= 0.3 is 0 Å². The van der Waals surface area contributed by atoms with Crippen LogP contribution in [0.3, 0.4) is 0 Å². The molecule has 0 aliphatic heterocycles. The maximum atomic E-state index is 12.0. The zero-order valence-electron chi connectivity index (χ0n) is 15.8. The van der Waals surface area contributed by atoms with Gasteiger partial charge in [0.15, 0.2) is 5.11 Å². The first-order chi connectivity index (χ1) is 13.7. The molecule has 0 aromatic heterocycles. The summed E-state index contributed by atoms with van der Waals surface area (Å²) in [6, 6.07) is 12.6. The van der Waals surface area contributed by atoms with Crippen LogP contribution < -0.4 is 16.0 Å². The average Bonchev–Trinajstić information content (AvgIpc) is 2.66. The van der Waals surface area contributed by atoms with Crippen molar-refractivity contribution in [1.29, 1.82) is 0 Å². The number of anilines is 1. The highest BCUT2D eigenvalue weighted by Crippen LogP contribution is 2.14. The standard InChI is InChI=1S/C20H20N4O4S/c1-13(2)21-19(26)15-7-9-16(10-8-15)22-20(29)23-18(25)11-6-14-4-3-5-17(12-14)24(27)28/h3-13H,1-2H3,(H,21,26)(H2,22,23,25,29)/b11-6+. The summed E-state index contributed by atoms with van der Waals surface area (Å²) in [4.78, 5) is 34.2. The van der Waals surface area contributed by atoms with Gasteiger partial charge in [0, 0.05) is 35.5 Å². The summed E-state index contributed by atoms with van der Waals surface area (Å²) >= 11 is 5.09. The third kappa shape index (κ3) is 7.15. The maximum Gasteiger partial charge on any atom is 0.270 e. The Hall–Kier alpha value is -3.59. The number of nitro groups is 1. The summed E-state index contributed by atoms with van der Waals surface area (Å²) in [6.45, 7) is 3.75. The molecule has 0 bridgehead atoms. The molecule has 0 saturated heterocycles. The van der Waals surface area contributed by atoms with Crippen molar-refractivity contribution >= 4 is 46.6 Å². The van der Waals surface area contributed by atoms with Gasteiger partial charge in [-0.25, -0.2) is 0 Å². The molecule has 0 saturated carbocycles. The van der Waals surface area contributed by atoms with Crippen molar-refractivity contribution in [2.75, 3.05) is 5.32 Å². The van der Waals surface area contributed by atoms with E-state index in [1.54, 1.807) is 30.3 Å². The molecular formula is C20H20N4O4S. The molecule has 0 fully saturated rings. The molecule has 9 heteroatoms.